The van der Waals surface area contributed by atoms with Gasteiger partial charge in [0.2, 0.25) is 0 Å². The molecule has 0 aliphatic carbocycles. The van der Waals surface area contributed by atoms with Gasteiger partial charge in [-0.2, -0.15) is 5.10 Å². The quantitative estimate of drug-likeness (QED) is 0.616. The molecule has 0 amide bonds. The molecule has 0 atom stereocenters. The predicted molar refractivity (Wildman–Crippen MR) is 102 cm³/mol. The summed E-state index contributed by atoms with van der Waals surface area (Å²) in [5.74, 6) is 0.581. The lowest BCUT2D eigenvalue weighted by atomic mass is 9.93. The fourth-order valence-electron chi connectivity index (χ4n) is 3.64. The maximum atomic E-state index is 6.36. The molecule has 3 heterocycles. The SMILES string of the molecule is Cn1nccc1C1CCN(c2ccnc3c(Cl)cc(Br)cc23)CC1. The number of nitrogens with zero attached hydrogens (tertiary/aromatic N) is 4. The molecule has 3 aromatic rings. The molecule has 124 valence electrons. The summed E-state index contributed by atoms with van der Waals surface area (Å²) in [7, 11) is 2.03. The molecule has 0 N–H and O–H groups in total. The van der Waals surface area contributed by atoms with Gasteiger partial charge in [-0.05, 0) is 37.1 Å². The van der Waals surface area contributed by atoms with Crippen LogP contribution in [0, 0.1) is 0 Å². The van der Waals surface area contributed by atoms with Crippen molar-refractivity contribution in [3.05, 3.63) is 51.8 Å². The van der Waals surface area contributed by atoms with Crippen LogP contribution in [-0.2, 0) is 7.05 Å². The van der Waals surface area contributed by atoms with Crippen molar-refractivity contribution in [2.75, 3.05) is 18.0 Å². The molecule has 1 fully saturated rings. The van der Waals surface area contributed by atoms with E-state index in [0.29, 0.717) is 10.9 Å². The average Bonchev–Trinajstić information content (AvgIpc) is 3.00. The Morgan fingerprint density at radius 3 is 2.67 bits per heavy atom. The van der Waals surface area contributed by atoms with Crippen LogP contribution in [0.1, 0.15) is 24.5 Å². The van der Waals surface area contributed by atoms with E-state index in [1.807, 2.05) is 30.2 Å². The molecule has 24 heavy (non-hydrogen) atoms. The molecule has 0 bridgehead atoms. The third-order valence-corrected chi connectivity index (χ3v) is 5.60. The number of piperidine rings is 1. The Bertz CT molecular complexity index is 884. The van der Waals surface area contributed by atoms with Crippen molar-refractivity contribution in [1.82, 2.24) is 14.8 Å². The Balaban J connectivity index is 1.62. The van der Waals surface area contributed by atoms with Crippen molar-refractivity contribution in [2.45, 2.75) is 18.8 Å². The largest absolute Gasteiger partial charge is 0.371 e. The highest BCUT2D eigenvalue weighted by atomic mass is 79.9. The van der Waals surface area contributed by atoms with Gasteiger partial charge >= 0.3 is 0 Å². The molecular formula is C18H18BrClN4. The van der Waals surface area contributed by atoms with Crippen LogP contribution < -0.4 is 4.90 Å². The molecule has 6 heteroatoms. The highest BCUT2D eigenvalue weighted by Crippen LogP contribution is 2.36. The summed E-state index contributed by atoms with van der Waals surface area (Å²) in [5.41, 5.74) is 3.41. The number of hydrogen-bond donors (Lipinski definition) is 0. The summed E-state index contributed by atoms with van der Waals surface area (Å²) in [5, 5.41) is 6.10. The van der Waals surface area contributed by atoms with Gasteiger partial charge in [0, 0.05) is 59.7 Å². The van der Waals surface area contributed by atoms with E-state index in [2.05, 4.69) is 49.1 Å². The van der Waals surface area contributed by atoms with Gasteiger partial charge in [0.05, 0.1) is 10.5 Å². The Kier molecular flexibility index (Phi) is 4.22. The molecule has 2 aromatic heterocycles. The molecule has 1 aliphatic heterocycles. The summed E-state index contributed by atoms with van der Waals surface area (Å²) in [6.07, 6.45) is 6.00. The number of anilines is 1. The predicted octanol–water partition coefficient (Wildman–Crippen LogP) is 4.77. The second-order valence-corrected chi connectivity index (χ2v) is 7.58. The molecular weight excluding hydrogens is 388 g/mol. The molecule has 4 nitrogen and oxygen atoms in total. The first kappa shape index (κ1) is 15.9. The minimum Gasteiger partial charge on any atom is -0.371 e. The molecule has 0 spiro atoms. The fraction of sp³-hybridized carbons (Fsp3) is 0.333. The maximum absolute atomic E-state index is 6.36. The fourth-order valence-corrected chi connectivity index (χ4v) is 4.50. The smallest absolute Gasteiger partial charge is 0.0909 e. The number of aryl methyl sites for hydroxylation is 1. The highest BCUT2D eigenvalue weighted by molar-refractivity contribution is 9.10. The molecule has 1 aliphatic rings. The molecule has 1 aromatic carbocycles. The maximum Gasteiger partial charge on any atom is 0.0909 e. The monoisotopic (exact) mass is 404 g/mol. The first-order chi connectivity index (χ1) is 11.6. The third kappa shape index (κ3) is 2.80. The first-order valence-corrected chi connectivity index (χ1v) is 9.27. The van der Waals surface area contributed by atoms with Gasteiger partial charge in [0.25, 0.3) is 0 Å². The van der Waals surface area contributed by atoms with E-state index < -0.39 is 0 Å². The van der Waals surface area contributed by atoms with Gasteiger partial charge in [0.15, 0.2) is 0 Å². The van der Waals surface area contributed by atoms with E-state index in [1.165, 1.54) is 11.4 Å². The standard InChI is InChI=1S/C18H18BrClN4/c1-23-16(3-7-22-23)12-4-8-24(9-5-12)17-2-6-21-18-14(17)10-13(19)11-15(18)20/h2-3,6-7,10-12H,4-5,8-9H2,1H3. The average molecular weight is 406 g/mol. The van der Waals surface area contributed by atoms with Crippen LogP contribution in [0.15, 0.2) is 41.1 Å². The van der Waals surface area contributed by atoms with Crippen molar-refractivity contribution in [1.29, 1.82) is 0 Å². The first-order valence-electron chi connectivity index (χ1n) is 8.10. The van der Waals surface area contributed by atoms with Crippen molar-refractivity contribution < 1.29 is 0 Å². The van der Waals surface area contributed by atoms with Gasteiger partial charge < -0.3 is 4.90 Å². The van der Waals surface area contributed by atoms with Gasteiger partial charge in [-0.25, -0.2) is 0 Å². The Hall–Kier alpha value is -1.59. The van der Waals surface area contributed by atoms with Gasteiger partial charge in [-0.15, -0.1) is 0 Å². The molecule has 0 unspecified atom stereocenters. The van der Waals surface area contributed by atoms with E-state index in [-0.39, 0.29) is 0 Å². The van der Waals surface area contributed by atoms with Crippen LogP contribution in [0.25, 0.3) is 10.9 Å². The van der Waals surface area contributed by atoms with E-state index in [0.717, 1.165) is 41.3 Å². The molecule has 1 saturated heterocycles. The second-order valence-electron chi connectivity index (χ2n) is 6.25. The molecule has 4 rings (SSSR count). The van der Waals surface area contributed by atoms with E-state index in [9.17, 15) is 0 Å². The number of fused-ring (bicyclic) bond motifs is 1. The Morgan fingerprint density at radius 1 is 1.17 bits per heavy atom. The van der Waals surface area contributed by atoms with Gasteiger partial charge in [0.1, 0.15) is 0 Å². The lowest BCUT2D eigenvalue weighted by Crippen LogP contribution is -2.33. The summed E-state index contributed by atoms with van der Waals surface area (Å²) in [6.45, 7) is 2.05. The third-order valence-electron chi connectivity index (χ3n) is 4.85. The van der Waals surface area contributed by atoms with E-state index in [1.54, 1.807) is 0 Å². The van der Waals surface area contributed by atoms with Crippen molar-refractivity contribution in [3.63, 3.8) is 0 Å². The lowest BCUT2D eigenvalue weighted by Gasteiger charge is -2.34. The van der Waals surface area contributed by atoms with Crippen molar-refractivity contribution >= 4 is 44.1 Å². The Labute approximate surface area is 154 Å². The van der Waals surface area contributed by atoms with Crippen LogP contribution >= 0.6 is 27.5 Å². The number of pyridine rings is 1. The minimum absolute atomic E-state index is 0.581. The number of rotatable bonds is 2. The normalized spacial score (nSPS) is 16.0. The summed E-state index contributed by atoms with van der Waals surface area (Å²) >= 11 is 9.91. The van der Waals surface area contributed by atoms with Crippen LogP contribution in [0.4, 0.5) is 5.69 Å². The van der Waals surface area contributed by atoms with Crippen LogP contribution in [0.2, 0.25) is 5.02 Å². The lowest BCUT2D eigenvalue weighted by molar-refractivity contribution is 0.478. The van der Waals surface area contributed by atoms with E-state index in [4.69, 9.17) is 11.6 Å². The zero-order valence-electron chi connectivity index (χ0n) is 13.4. The zero-order chi connectivity index (χ0) is 16.7. The number of aromatic nitrogens is 3. The summed E-state index contributed by atoms with van der Waals surface area (Å²) in [4.78, 5) is 6.90. The number of halogens is 2. The zero-order valence-corrected chi connectivity index (χ0v) is 15.8. The molecule has 0 saturated carbocycles. The van der Waals surface area contributed by atoms with Crippen molar-refractivity contribution in [3.8, 4) is 0 Å². The van der Waals surface area contributed by atoms with Gasteiger partial charge in [-0.1, -0.05) is 27.5 Å². The van der Waals surface area contributed by atoms with Crippen LogP contribution in [0.3, 0.4) is 0 Å². The highest BCUT2D eigenvalue weighted by Gasteiger charge is 2.24. The van der Waals surface area contributed by atoms with Crippen LogP contribution in [0.5, 0.6) is 0 Å². The minimum atomic E-state index is 0.581. The van der Waals surface area contributed by atoms with Gasteiger partial charge in [-0.3, -0.25) is 9.67 Å². The number of benzene rings is 1. The van der Waals surface area contributed by atoms with Crippen LogP contribution in [-0.4, -0.2) is 27.9 Å². The number of hydrogen-bond acceptors (Lipinski definition) is 3. The van der Waals surface area contributed by atoms with Crippen molar-refractivity contribution in [2.24, 2.45) is 7.05 Å². The topological polar surface area (TPSA) is 34.0 Å². The molecule has 0 radical (unpaired) electrons. The van der Waals surface area contributed by atoms with E-state index >= 15 is 0 Å². The summed E-state index contributed by atoms with van der Waals surface area (Å²) in [6, 6.07) is 8.24. The second kappa shape index (κ2) is 6.37. The summed E-state index contributed by atoms with van der Waals surface area (Å²) < 4.78 is 2.98. The Morgan fingerprint density at radius 2 is 1.96 bits per heavy atom.